The molecule has 2 nitrogen and oxygen atoms in total. The lowest BCUT2D eigenvalue weighted by atomic mass is 9.97. The van der Waals surface area contributed by atoms with Crippen LogP contribution in [0.2, 0.25) is 0 Å². The first-order chi connectivity index (χ1) is 15.2. The molecule has 0 saturated carbocycles. The van der Waals surface area contributed by atoms with Crippen LogP contribution in [0.5, 0.6) is 0 Å². The van der Waals surface area contributed by atoms with Gasteiger partial charge in [0.15, 0.2) is 0 Å². The Morgan fingerprint density at radius 1 is 1.25 bits per heavy atom. The van der Waals surface area contributed by atoms with Gasteiger partial charge in [-0.1, -0.05) is 54.5 Å². The van der Waals surface area contributed by atoms with Gasteiger partial charge in [0.1, 0.15) is 6.10 Å². The molecular formula is C18H23NO. The Morgan fingerprint density at radius 2 is 2.00 bits per heavy atom. The van der Waals surface area contributed by atoms with Gasteiger partial charge >= 0.3 is 0 Å². The predicted octanol–water partition coefficient (Wildman–Crippen LogP) is 3.66. The lowest BCUT2D eigenvalue weighted by Gasteiger charge is -2.22. The Hall–Kier alpha value is -1.64. The maximum absolute atomic E-state index is 8.32. The van der Waals surface area contributed by atoms with E-state index in [1.54, 1.807) is 6.07 Å². The van der Waals surface area contributed by atoms with Gasteiger partial charge < -0.3 is 9.64 Å². The third-order valence-electron chi connectivity index (χ3n) is 2.61. The number of benzene rings is 2. The summed E-state index contributed by atoms with van der Waals surface area (Å²) in [5.41, 5.74) is -0.0319. The molecule has 0 aliphatic carbocycles. The van der Waals surface area contributed by atoms with Crippen LogP contribution in [0.25, 0.3) is 0 Å². The van der Waals surface area contributed by atoms with Gasteiger partial charge in [0, 0.05) is 17.5 Å². The zero-order valence-electron chi connectivity index (χ0n) is 24.8. The van der Waals surface area contributed by atoms with Gasteiger partial charge in [-0.3, -0.25) is 0 Å². The molecule has 20 heavy (non-hydrogen) atoms. The summed E-state index contributed by atoms with van der Waals surface area (Å²) in [5, 5.41) is 0. The Kier molecular flexibility index (Phi) is 1.80. The van der Waals surface area contributed by atoms with E-state index in [4.69, 9.17) is 23.9 Å². The highest BCUT2D eigenvalue weighted by atomic mass is 16.5. The fraction of sp³-hybridized carbons (Fsp3) is 0.333. The second-order valence-corrected chi connectivity index (χ2v) is 4.00. The maximum Gasteiger partial charge on any atom is 0.108 e. The van der Waals surface area contributed by atoms with E-state index in [-0.39, 0.29) is 16.7 Å². The number of hydrogen-bond acceptors (Lipinski definition) is 2. The van der Waals surface area contributed by atoms with Crippen molar-refractivity contribution in [1.29, 1.82) is 0 Å². The third kappa shape index (κ3) is 3.92. The summed E-state index contributed by atoms with van der Waals surface area (Å²) in [7, 11) is 0. The highest BCUT2D eigenvalue weighted by Crippen LogP contribution is 2.28. The summed E-state index contributed by atoms with van der Waals surface area (Å²) in [4.78, 5) is -0.567. The van der Waals surface area contributed by atoms with Crippen LogP contribution < -0.4 is 0 Å². The van der Waals surface area contributed by atoms with Crippen LogP contribution in [0, 0.1) is 6.92 Å². The Labute approximate surface area is 141 Å². The lowest BCUT2D eigenvalue weighted by Crippen LogP contribution is -2.20. The quantitative estimate of drug-likeness (QED) is 0.802. The summed E-state index contributed by atoms with van der Waals surface area (Å²) in [5.74, 6) is 0. The van der Waals surface area contributed by atoms with E-state index in [1.165, 1.54) is 31.2 Å². The van der Waals surface area contributed by atoms with E-state index in [9.17, 15) is 0 Å². The van der Waals surface area contributed by atoms with Crippen molar-refractivity contribution >= 4 is 0 Å². The van der Waals surface area contributed by atoms with Gasteiger partial charge in [-0.2, -0.15) is 0 Å². The molecule has 0 spiro atoms. The van der Waals surface area contributed by atoms with E-state index >= 15 is 0 Å². The van der Waals surface area contributed by atoms with Crippen LogP contribution in [0.3, 0.4) is 0 Å². The molecule has 0 fully saturated rings. The van der Waals surface area contributed by atoms with Gasteiger partial charge in [-0.15, -0.1) is 0 Å². The van der Waals surface area contributed by atoms with Crippen molar-refractivity contribution in [1.82, 2.24) is 4.90 Å². The summed E-state index contributed by atoms with van der Waals surface area (Å²) < 4.78 is 115. The molecule has 0 aliphatic rings. The molecular weight excluding hydrogens is 246 g/mol. The first-order valence-electron chi connectivity index (χ1n) is 12.8. The normalized spacial score (nSPS) is 25.5. The molecule has 2 heteroatoms. The smallest absolute Gasteiger partial charge is 0.108 e. The molecule has 0 amide bonds. The second kappa shape index (κ2) is 7.22. The Balaban J connectivity index is 2.76. The molecule has 1 unspecified atom stereocenters. The van der Waals surface area contributed by atoms with Crippen molar-refractivity contribution in [3.8, 4) is 0 Å². The molecule has 0 radical (unpaired) electrons. The molecule has 2 rings (SSSR count). The standard InChI is InChI=1S/C18H23NO/c1-15-9-7-8-12-17(15)18(20-14-13-19(2)3)16-10-5-4-6-11-16/h4-12,18H,13-14H2,1-3H3/i2D3,3D3,7D,8D,9D,12D,13D2,14D2. The number of likely N-dealkylation sites (N-methyl/N-ethyl adjacent to an activating group) is 1. The fourth-order valence-corrected chi connectivity index (χ4v) is 1.70. The van der Waals surface area contributed by atoms with Gasteiger partial charge in [0.25, 0.3) is 0 Å². The SMILES string of the molecule is [2H]c1c([2H])c([2H])c(C(OC([2H])([2H])C([2H])([2H])N(C([2H])([2H])[2H])C([2H])([2H])[2H])c2ccccc2)c(C)c1[2H]. The van der Waals surface area contributed by atoms with E-state index in [1.807, 2.05) is 0 Å². The van der Waals surface area contributed by atoms with Crippen LogP contribution in [-0.4, -0.2) is 31.9 Å². The monoisotopic (exact) mass is 283 g/mol. The van der Waals surface area contributed by atoms with Crippen LogP contribution >= 0.6 is 0 Å². The van der Waals surface area contributed by atoms with E-state index in [0.29, 0.717) is 0 Å². The number of ether oxygens (including phenoxy) is 1. The first kappa shape index (κ1) is 4.97. The summed E-state index contributed by atoms with van der Waals surface area (Å²) in [6, 6.07) is 5.43. The minimum atomic E-state index is -3.73. The molecule has 2 aromatic carbocycles. The zero-order valence-corrected chi connectivity index (χ0v) is 10.8. The molecule has 106 valence electrons. The van der Waals surface area contributed by atoms with Gasteiger partial charge in [-0.05, 0) is 37.6 Å². The van der Waals surface area contributed by atoms with Crippen molar-refractivity contribution in [3.63, 3.8) is 0 Å². The highest BCUT2D eigenvalue weighted by molar-refractivity contribution is 5.35. The van der Waals surface area contributed by atoms with Crippen molar-refractivity contribution in [2.45, 2.75) is 13.0 Å². The fourth-order valence-electron chi connectivity index (χ4n) is 1.70. The predicted molar refractivity (Wildman–Crippen MR) is 84.0 cm³/mol. The van der Waals surface area contributed by atoms with Crippen LogP contribution in [0.1, 0.15) is 42.0 Å². The Bertz CT molecular complexity index is 989. The molecule has 0 saturated heterocycles. The van der Waals surface area contributed by atoms with Crippen molar-refractivity contribution < 1.29 is 23.9 Å². The molecule has 2 aromatic rings. The molecule has 0 bridgehead atoms. The molecule has 0 aromatic heterocycles. The lowest BCUT2D eigenvalue weighted by molar-refractivity contribution is 0.0683. The minimum Gasteiger partial charge on any atom is -0.367 e. The average molecular weight is 283 g/mol. The number of hydrogen-bond donors (Lipinski definition) is 0. The summed E-state index contributed by atoms with van der Waals surface area (Å²) >= 11 is 0. The van der Waals surface area contributed by atoms with Crippen LogP contribution in [-0.2, 0) is 4.74 Å². The summed E-state index contributed by atoms with van der Waals surface area (Å²) in [6.45, 7) is -13.1. The van der Waals surface area contributed by atoms with Gasteiger partial charge in [-0.25, -0.2) is 0 Å². The van der Waals surface area contributed by atoms with Gasteiger partial charge in [0.05, 0.1) is 14.8 Å². The third-order valence-corrected chi connectivity index (χ3v) is 2.61. The van der Waals surface area contributed by atoms with Crippen molar-refractivity contribution in [2.75, 3.05) is 27.0 Å². The largest absolute Gasteiger partial charge is 0.367 e. The zero-order chi connectivity index (χ0) is 26.4. The Morgan fingerprint density at radius 3 is 2.75 bits per heavy atom. The van der Waals surface area contributed by atoms with Crippen molar-refractivity contribution in [2.24, 2.45) is 0 Å². The van der Waals surface area contributed by atoms with Crippen molar-refractivity contribution in [3.05, 3.63) is 71.2 Å². The summed E-state index contributed by atoms with van der Waals surface area (Å²) in [6.07, 6.45) is -1.64. The number of nitrogens with zero attached hydrogens (tertiary/aromatic N) is 1. The number of rotatable bonds is 6. The van der Waals surface area contributed by atoms with Crippen LogP contribution in [0.4, 0.5) is 0 Å². The van der Waals surface area contributed by atoms with E-state index < -0.39 is 62.2 Å². The average Bonchev–Trinajstić information content (AvgIpc) is 2.68. The molecule has 0 heterocycles. The first-order valence-corrected chi connectivity index (χ1v) is 5.85. The topological polar surface area (TPSA) is 12.5 Å². The van der Waals surface area contributed by atoms with E-state index in [2.05, 4.69) is 0 Å². The van der Waals surface area contributed by atoms with Gasteiger partial charge in [0.2, 0.25) is 0 Å². The van der Waals surface area contributed by atoms with Crippen LogP contribution in [0.15, 0.2) is 54.5 Å². The highest BCUT2D eigenvalue weighted by Gasteiger charge is 2.16. The molecule has 0 aliphatic heterocycles. The second-order valence-electron chi connectivity index (χ2n) is 4.00. The molecule has 0 N–H and O–H groups in total. The maximum atomic E-state index is 8.32. The molecule has 1 atom stereocenters. The van der Waals surface area contributed by atoms with E-state index in [0.717, 1.165) is 0 Å². The minimum absolute atomic E-state index is 0.000266.